The van der Waals surface area contributed by atoms with E-state index in [0.29, 0.717) is 6.61 Å². The van der Waals surface area contributed by atoms with E-state index in [9.17, 15) is 0 Å². The fourth-order valence-electron chi connectivity index (χ4n) is 2.13. The maximum atomic E-state index is 5.70. The van der Waals surface area contributed by atoms with Crippen LogP contribution in [0.2, 0.25) is 0 Å². The van der Waals surface area contributed by atoms with Crippen LogP contribution in [0.25, 0.3) is 0 Å². The molecular weight excluding hydrogens is 224 g/mol. The molecule has 1 saturated heterocycles. The highest BCUT2D eigenvalue weighted by Gasteiger charge is 2.30. The first kappa shape index (κ1) is 13.3. The van der Waals surface area contributed by atoms with Gasteiger partial charge in [0.25, 0.3) is 0 Å². The molecule has 0 spiro atoms. The molecule has 0 radical (unpaired) electrons. The maximum Gasteiger partial charge on any atom is 0.163 e. The largest absolute Gasteiger partial charge is 0.347 e. The Morgan fingerprint density at radius 3 is 2.72 bits per heavy atom. The van der Waals surface area contributed by atoms with Crippen molar-refractivity contribution >= 4 is 0 Å². The van der Waals surface area contributed by atoms with Gasteiger partial charge in [0.2, 0.25) is 0 Å². The molecule has 98 valence electrons. The number of benzene rings is 1. The van der Waals surface area contributed by atoms with Crippen LogP contribution in [-0.4, -0.2) is 18.5 Å². The number of aryl methyl sites for hydroxylation is 1. The van der Waals surface area contributed by atoms with Gasteiger partial charge in [-0.2, -0.15) is 0 Å². The Bertz CT molecular complexity index is 381. The van der Waals surface area contributed by atoms with Crippen LogP contribution < -0.4 is 0 Å². The minimum atomic E-state index is -0.418. The van der Waals surface area contributed by atoms with Gasteiger partial charge in [-0.25, -0.2) is 0 Å². The van der Waals surface area contributed by atoms with Crippen LogP contribution in [0.5, 0.6) is 0 Å². The average Bonchev–Trinajstić information content (AvgIpc) is 2.70. The van der Waals surface area contributed by atoms with Crippen LogP contribution in [0, 0.1) is 0 Å². The third-order valence-electron chi connectivity index (χ3n) is 3.06. The van der Waals surface area contributed by atoms with Gasteiger partial charge in [-0.1, -0.05) is 42.5 Å². The van der Waals surface area contributed by atoms with Gasteiger partial charge in [0.1, 0.15) is 6.10 Å². The summed E-state index contributed by atoms with van der Waals surface area (Å²) in [5.74, 6) is -0.418. The summed E-state index contributed by atoms with van der Waals surface area (Å²) in [4.78, 5) is 0. The molecule has 0 saturated carbocycles. The summed E-state index contributed by atoms with van der Waals surface area (Å²) in [6.45, 7) is 4.58. The standard InChI is InChI=1S/C16H22O2/c1-16(2)17-13-15(18-16)12-8-4-7-11-14-9-5-3-6-10-14/h3,5-6,8-10,12,15H,4,7,11,13H2,1-2H3/b12-8-/t15-/m0/s1. The van der Waals surface area contributed by atoms with Crippen LogP contribution in [0.15, 0.2) is 42.5 Å². The Labute approximate surface area is 110 Å². The lowest BCUT2D eigenvalue weighted by Gasteiger charge is -2.15. The minimum Gasteiger partial charge on any atom is -0.347 e. The lowest BCUT2D eigenvalue weighted by molar-refractivity contribution is -0.133. The highest BCUT2D eigenvalue weighted by molar-refractivity contribution is 5.14. The van der Waals surface area contributed by atoms with Crippen molar-refractivity contribution < 1.29 is 9.47 Å². The summed E-state index contributed by atoms with van der Waals surface area (Å²) >= 11 is 0. The smallest absolute Gasteiger partial charge is 0.163 e. The number of allylic oxidation sites excluding steroid dienone is 1. The van der Waals surface area contributed by atoms with E-state index in [1.807, 2.05) is 13.8 Å². The van der Waals surface area contributed by atoms with Crippen molar-refractivity contribution in [3.05, 3.63) is 48.0 Å². The highest BCUT2D eigenvalue weighted by atomic mass is 16.7. The van der Waals surface area contributed by atoms with Gasteiger partial charge in [0, 0.05) is 0 Å². The number of rotatable bonds is 5. The maximum absolute atomic E-state index is 5.70. The molecule has 18 heavy (non-hydrogen) atoms. The second-order valence-electron chi connectivity index (χ2n) is 5.17. The van der Waals surface area contributed by atoms with Crippen molar-refractivity contribution in [2.45, 2.75) is 45.0 Å². The Morgan fingerprint density at radius 1 is 1.28 bits per heavy atom. The molecule has 0 bridgehead atoms. The van der Waals surface area contributed by atoms with Crippen LogP contribution in [0.3, 0.4) is 0 Å². The van der Waals surface area contributed by atoms with Gasteiger partial charge < -0.3 is 9.47 Å². The third-order valence-corrected chi connectivity index (χ3v) is 3.06. The number of ether oxygens (including phenoxy) is 2. The molecule has 0 unspecified atom stereocenters. The van der Waals surface area contributed by atoms with E-state index in [4.69, 9.17) is 9.47 Å². The van der Waals surface area contributed by atoms with Gasteiger partial charge in [0.05, 0.1) is 6.61 Å². The van der Waals surface area contributed by atoms with E-state index in [2.05, 4.69) is 42.5 Å². The molecule has 2 heteroatoms. The van der Waals surface area contributed by atoms with E-state index < -0.39 is 5.79 Å². The zero-order valence-electron chi connectivity index (χ0n) is 11.3. The predicted octanol–water partition coefficient (Wildman–Crippen LogP) is 3.72. The van der Waals surface area contributed by atoms with Gasteiger partial charge in [-0.15, -0.1) is 0 Å². The lowest BCUT2D eigenvalue weighted by atomic mass is 10.1. The van der Waals surface area contributed by atoms with Gasteiger partial charge in [0.15, 0.2) is 5.79 Å². The Balaban J connectivity index is 1.64. The lowest BCUT2D eigenvalue weighted by Crippen LogP contribution is -2.20. The number of hydrogen-bond donors (Lipinski definition) is 0. The second-order valence-corrected chi connectivity index (χ2v) is 5.17. The van der Waals surface area contributed by atoms with Crippen LogP contribution in [0.4, 0.5) is 0 Å². The summed E-state index contributed by atoms with van der Waals surface area (Å²) in [5.41, 5.74) is 1.41. The fourth-order valence-corrected chi connectivity index (χ4v) is 2.13. The van der Waals surface area contributed by atoms with E-state index in [1.54, 1.807) is 0 Å². The van der Waals surface area contributed by atoms with Crippen molar-refractivity contribution in [2.75, 3.05) is 6.61 Å². The quantitative estimate of drug-likeness (QED) is 0.582. The molecule has 0 amide bonds. The predicted molar refractivity (Wildman–Crippen MR) is 73.4 cm³/mol. The molecular formula is C16H22O2. The fraction of sp³-hybridized carbons (Fsp3) is 0.500. The molecule has 2 rings (SSSR count). The molecule has 2 nitrogen and oxygen atoms in total. The molecule has 1 aromatic rings. The molecule has 1 fully saturated rings. The summed E-state index contributed by atoms with van der Waals surface area (Å²) in [7, 11) is 0. The molecule has 1 heterocycles. The van der Waals surface area contributed by atoms with Crippen molar-refractivity contribution in [2.24, 2.45) is 0 Å². The average molecular weight is 246 g/mol. The molecule has 0 aromatic heterocycles. The first-order chi connectivity index (χ1) is 8.66. The highest BCUT2D eigenvalue weighted by Crippen LogP contribution is 2.22. The van der Waals surface area contributed by atoms with E-state index in [-0.39, 0.29) is 6.10 Å². The molecule has 1 aliphatic rings. The van der Waals surface area contributed by atoms with Gasteiger partial charge in [-0.05, 0) is 38.7 Å². The Kier molecular flexibility index (Phi) is 4.56. The normalized spacial score (nSPS) is 22.7. The molecule has 0 N–H and O–H groups in total. The topological polar surface area (TPSA) is 18.5 Å². The third kappa shape index (κ3) is 4.28. The van der Waals surface area contributed by atoms with Gasteiger partial charge in [-0.3, -0.25) is 0 Å². The van der Waals surface area contributed by atoms with E-state index in [0.717, 1.165) is 12.8 Å². The van der Waals surface area contributed by atoms with E-state index in [1.165, 1.54) is 12.0 Å². The van der Waals surface area contributed by atoms with Gasteiger partial charge >= 0.3 is 0 Å². The molecule has 1 aliphatic heterocycles. The first-order valence-corrected chi connectivity index (χ1v) is 6.68. The van der Waals surface area contributed by atoms with Crippen molar-refractivity contribution in [1.82, 2.24) is 0 Å². The second kappa shape index (κ2) is 6.17. The number of unbranched alkanes of at least 4 members (excludes halogenated alkanes) is 1. The minimum absolute atomic E-state index is 0.122. The first-order valence-electron chi connectivity index (χ1n) is 6.68. The molecule has 1 aromatic carbocycles. The number of hydrogen-bond acceptors (Lipinski definition) is 2. The summed E-state index contributed by atoms with van der Waals surface area (Å²) < 4.78 is 11.2. The van der Waals surface area contributed by atoms with Crippen LogP contribution in [0.1, 0.15) is 32.3 Å². The SMILES string of the molecule is CC1(C)OC[C@H](/C=C\CCCc2ccccc2)O1. The van der Waals surface area contributed by atoms with Crippen LogP contribution in [-0.2, 0) is 15.9 Å². The zero-order chi connectivity index (χ0) is 12.8. The van der Waals surface area contributed by atoms with Crippen molar-refractivity contribution in [1.29, 1.82) is 0 Å². The summed E-state index contributed by atoms with van der Waals surface area (Å²) in [6.07, 6.45) is 7.86. The molecule has 0 aliphatic carbocycles. The Hall–Kier alpha value is -1.12. The molecule has 1 atom stereocenters. The zero-order valence-corrected chi connectivity index (χ0v) is 11.3. The van der Waals surface area contributed by atoms with E-state index >= 15 is 0 Å². The Morgan fingerprint density at radius 2 is 2.06 bits per heavy atom. The van der Waals surface area contributed by atoms with Crippen molar-refractivity contribution in [3.63, 3.8) is 0 Å². The van der Waals surface area contributed by atoms with Crippen molar-refractivity contribution in [3.8, 4) is 0 Å². The van der Waals surface area contributed by atoms with Crippen LogP contribution >= 0.6 is 0 Å². The summed E-state index contributed by atoms with van der Waals surface area (Å²) in [6, 6.07) is 10.6. The summed E-state index contributed by atoms with van der Waals surface area (Å²) in [5, 5.41) is 0. The monoisotopic (exact) mass is 246 g/mol.